The van der Waals surface area contributed by atoms with Crippen LogP contribution in [0.1, 0.15) is 101 Å². The Hall–Kier alpha value is -6.56. The molecule has 0 bridgehead atoms. The summed E-state index contributed by atoms with van der Waals surface area (Å²) in [5.41, 5.74) is 23.7. The van der Waals surface area contributed by atoms with Crippen molar-refractivity contribution >= 4 is 5.57 Å². The molecular weight excluding hydrogens is 1040 g/mol. The van der Waals surface area contributed by atoms with Gasteiger partial charge in [-0.1, -0.05) is 57.2 Å². The monoisotopic (exact) mass is 1130 g/mol. The van der Waals surface area contributed by atoms with Crippen LogP contribution in [0.2, 0.25) is 0 Å². The van der Waals surface area contributed by atoms with Crippen molar-refractivity contribution in [1.29, 1.82) is 0 Å². The molecule has 12 heteroatoms. The number of hydrogen-bond donors (Lipinski definition) is 0. The fourth-order valence-corrected chi connectivity index (χ4v) is 9.97. The highest BCUT2D eigenvalue weighted by molar-refractivity contribution is 5.79. The molecule has 6 atom stereocenters. The fraction of sp³-hybridized carbons (Fsp3) is 0.465. The number of benzene rings is 5. The molecule has 83 heavy (non-hydrogen) atoms. The molecule has 0 spiro atoms. The van der Waals surface area contributed by atoms with E-state index in [1.807, 2.05) is 44.2 Å². The summed E-state index contributed by atoms with van der Waals surface area (Å²) in [7, 11) is 0. The summed E-state index contributed by atoms with van der Waals surface area (Å²) in [5, 5.41) is 0. The van der Waals surface area contributed by atoms with E-state index in [2.05, 4.69) is 148 Å². The molecule has 6 saturated heterocycles. The van der Waals surface area contributed by atoms with E-state index < -0.39 is 0 Å². The molecule has 5 aromatic rings. The van der Waals surface area contributed by atoms with Crippen molar-refractivity contribution in [2.75, 3.05) is 79.3 Å². The zero-order chi connectivity index (χ0) is 58.8. The van der Waals surface area contributed by atoms with Crippen molar-refractivity contribution in [3.63, 3.8) is 0 Å². The Balaban J connectivity index is 0.000000150. The van der Waals surface area contributed by atoms with Crippen LogP contribution >= 0.6 is 0 Å². The van der Waals surface area contributed by atoms with Crippen molar-refractivity contribution in [1.82, 2.24) is 0 Å². The predicted molar refractivity (Wildman–Crippen MR) is 327 cm³/mol. The van der Waals surface area contributed by atoms with Crippen LogP contribution in [0.15, 0.2) is 103 Å². The van der Waals surface area contributed by atoms with Crippen molar-refractivity contribution < 1.29 is 56.8 Å². The molecule has 6 heterocycles. The molecule has 6 aliphatic heterocycles. The summed E-state index contributed by atoms with van der Waals surface area (Å²) in [5.74, 6) is 5.61. The Morgan fingerprint density at radius 2 is 0.771 bits per heavy atom. The maximum Gasteiger partial charge on any atom is 0.128 e. The summed E-state index contributed by atoms with van der Waals surface area (Å²) in [6.07, 6.45) is 12.0. The smallest absolute Gasteiger partial charge is 0.128 e. The van der Waals surface area contributed by atoms with Crippen LogP contribution in [-0.2, 0) is 40.3 Å². The van der Waals surface area contributed by atoms with Gasteiger partial charge in [0, 0.05) is 16.7 Å². The Bertz CT molecular complexity index is 3000. The summed E-state index contributed by atoms with van der Waals surface area (Å²) < 4.78 is 67.8. The highest BCUT2D eigenvalue weighted by Gasteiger charge is 2.30. The summed E-state index contributed by atoms with van der Waals surface area (Å²) in [4.78, 5) is 0. The van der Waals surface area contributed by atoms with E-state index in [1.165, 1.54) is 44.5 Å². The van der Waals surface area contributed by atoms with Crippen molar-refractivity contribution in [3.05, 3.63) is 169 Å². The Kier molecular flexibility index (Phi) is 20.5. The van der Waals surface area contributed by atoms with Crippen LogP contribution in [0.4, 0.5) is 0 Å². The van der Waals surface area contributed by atoms with Crippen molar-refractivity contribution in [2.45, 2.75) is 138 Å². The van der Waals surface area contributed by atoms with Crippen LogP contribution in [0.3, 0.4) is 0 Å². The number of allylic oxidation sites excluding steroid dienone is 4. The minimum atomic E-state index is -0.0958. The predicted octanol–water partition coefficient (Wildman–Crippen LogP) is 13.6. The second-order valence-corrected chi connectivity index (χ2v) is 23.7. The number of ether oxygens (including phenoxy) is 12. The second-order valence-electron chi connectivity index (χ2n) is 23.7. The number of rotatable bonds is 24. The van der Waals surface area contributed by atoms with Crippen LogP contribution in [0.5, 0.6) is 34.5 Å². The lowest BCUT2D eigenvalue weighted by Gasteiger charge is -2.25. The zero-order valence-corrected chi connectivity index (χ0v) is 51.2. The first-order chi connectivity index (χ1) is 39.9. The third-order valence-corrected chi connectivity index (χ3v) is 14.7. The topological polar surface area (TPSA) is 131 Å². The summed E-state index contributed by atoms with van der Waals surface area (Å²) in [6.45, 7) is 35.8. The molecule has 0 radical (unpaired) electrons. The maximum absolute atomic E-state index is 6.20. The quantitative estimate of drug-likeness (QED) is 0.0331. The van der Waals surface area contributed by atoms with Crippen LogP contribution in [0.25, 0.3) is 16.7 Å². The van der Waals surface area contributed by atoms with E-state index in [1.54, 1.807) is 0 Å². The van der Waals surface area contributed by atoms with E-state index >= 15 is 0 Å². The van der Waals surface area contributed by atoms with Gasteiger partial charge in [-0.3, -0.25) is 0 Å². The molecule has 11 rings (SSSR count). The van der Waals surface area contributed by atoms with Gasteiger partial charge in [-0.05, 0) is 202 Å². The van der Waals surface area contributed by atoms with Gasteiger partial charge in [-0.15, -0.1) is 11.5 Å². The average Bonchev–Trinajstić information content (AvgIpc) is 4.32. The van der Waals surface area contributed by atoms with Gasteiger partial charge in [-0.25, -0.2) is 0 Å². The highest BCUT2D eigenvalue weighted by Crippen LogP contribution is 2.41. The minimum absolute atomic E-state index is 0.0958. The van der Waals surface area contributed by atoms with E-state index in [0.717, 1.165) is 120 Å². The first-order valence-corrected chi connectivity index (χ1v) is 29.5. The SMILES string of the molecule is CC=C=CC=C=C(/C=C/C)c1cc(OCC2CO2)c(C(C)(C)C)cc1OCC1CO1.Cc1cc(-c2cc(C)c(OCC3CO3)c(C)c2)cc(C)c1OCC1CO1.Cc1cc(Cc2cc(C)c(OCC3CO3)c(C)c2)cc(C)c1OCC1CO1. The second kappa shape index (κ2) is 27.9. The van der Waals surface area contributed by atoms with Gasteiger partial charge in [-0.2, -0.15) is 0 Å². The normalized spacial score (nSPS) is 20.2. The van der Waals surface area contributed by atoms with Gasteiger partial charge in [0.1, 0.15) is 111 Å². The first-order valence-electron chi connectivity index (χ1n) is 29.5. The van der Waals surface area contributed by atoms with Crippen LogP contribution < -0.4 is 28.4 Å². The molecule has 5 aromatic carbocycles. The van der Waals surface area contributed by atoms with Crippen LogP contribution in [-0.4, -0.2) is 116 Å². The molecule has 6 unspecified atom stereocenters. The molecular formula is C71H86O12. The van der Waals surface area contributed by atoms with Crippen molar-refractivity contribution in [2.24, 2.45) is 0 Å². The first kappa shape index (κ1) is 61.0. The molecule has 0 aliphatic carbocycles. The van der Waals surface area contributed by atoms with Gasteiger partial charge in [0.25, 0.3) is 0 Å². The lowest BCUT2D eigenvalue weighted by molar-refractivity contribution is 0.252. The lowest BCUT2D eigenvalue weighted by Crippen LogP contribution is -2.16. The van der Waals surface area contributed by atoms with E-state index in [-0.39, 0.29) is 42.0 Å². The number of epoxide rings is 6. The number of aryl methyl sites for hydroxylation is 8. The minimum Gasteiger partial charge on any atom is -0.490 e. The highest BCUT2D eigenvalue weighted by atomic mass is 16.6. The van der Waals surface area contributed by atoms with Crippen LogP contribution in [0, 0.1) is 55.4 Å². The largest absolute Gasteiger partial charge is 0.490 e. The Morgan fingerprint density at radius 3 is 1.08 bits per heavy atom. The molecule has 0 amide bonds. The third kappa shape index (κ3) is 18.5. The average molecular weight is 1130 g/mol. The summed E-state index contributed by atoms with van der Waals surface area (Å²) in [6, 6.07) is 21.9. The fourth-order valence-electron chi connectivity index (χ4n) is 9.97. The number of hydrogen-bond acceptors (Lipinski definition) is 12. The van der Waals surface area contributed by atoms with E-state index in [4.69, 9.17) is 56.8 Å². The summed E-state index contributed by atoms with van der Waals surface area (Å²) >= 11 is 0. The molecule has 442 valence electrons. The lowest BCUT2D eigenvalue weighted by atomic mass is 9.84. The maximum atomic E-state index is 6.20. The third-order valence-electron chi connectivity index (χ3n) is 14.7. The molecule has 6 aliphatic rings. The zero-order valence-electron chi connectivity index (χ0n) is 51.2. The van der Waals surface area contributed by atoms with E-state index in [9.17, 15) is 0 Å². The molecule has 6 fully saturated rings. The van der Waals surface area contributed by atoms with Gasteiger partial charge < -0.3 is 56.8 Å². The van der Waals surface area contributed by atoms with Gasteiger partial charge in [0.05, 0.1) is 39.6 Å². The standard InChI is InChI=1S/C26H32O4.C23H28O4.C22H26O4/c1-6-8-9-10-12-19(11-7-2)22-13-25(30-18-21-16-28-21)23(26(3,4)5)14-24(22)29-17-20-15-27-20;1-14-5-18(6-15(2)22(14)26-12-20-10-24-20)9-19-7-16(3)23(17(4)8-19)27-13-21-11-25-21;1-13-5-17(6-14(2)21(13)25-11-19-9-23-19)18-7-15(3)22(16(4)8-18)26-12-20-10-24-20/h6-7,9-11,13-14,20-21H,15-18H2,1-5H3;5-8,20-21H,9-13H2,1-4H3;5-8,19-20H,9-12H2,1-4H3/b11-7+;;. The Labute approximate surface area is 493 Å². The van der Waals surface area contributed by atoms with Gasteiger partial charge in [0.2, 0.25) is 0 Å². The molecule has 0 N–H and O–H groups in total. The Morgan fingerprint density at radius 1 is 0.446 bits per heavy atom. The van der Waals surface area contributed by atoms with Gasteiger partial charge >= 0.3 is 0 Å². The van der Waals surface area contributed by atoms with Crippen molar-refractivity contribution in [3.8, 4) is 45.6 Å². The molecule has 12 nitrogen and oxygen atoms in total. The molecule has 0 saturated carbocycles. The van der Waals surface area contributed by atoms with E-state index in [0.29, 0.717) is 39.6 Å². The van der Waals surface area contributed by atoms with Gasteiger partial charge in [0.15, 0.2) is 0 Å². The molecule has 0 aromatic heterocycles.